The number of nitrogens with one attached hydrogen (secondary N) is 2. The standard InChI is InChI=1S/C17H20N4S/c22-17(21-19-10-11-3-2-6-18-9-11)20-16-8-12-7-15(16)14-5-1-4-13(12)14/h1-3,5-6,9-10,12-16H,4,7-8H2,(H2,20,21,22)/b19-10-/t12-,13+,14+,15-,16+/m1/s1. The zero-order valence-electron chi connectivity index (χ0n) is 12.4. The third-order valence-corrected chi connectivity index (χ3v) is 5.60. The fourth-order valence-electron chi connectivity index (χ4n) is 4.53. The number of thiocarbonyl (C=S) groups is 1. The second kappa shape index (κ2) is 5.80. The number of aromatic nitrogens is 1. The van der Waals surface area contributed by atoms with Gasteiger partial charge < -0.3 is 5.32 Å². The number of nitrogens with zero attached hydrogens (tertiary/aromatic N) is 2. The first-order chi connectivity index (χ1) is 10.8. The van der Waals surface area contributed by atoms with Gasteiger partial charge in [0.05, 0.1) is 6.21 Å². The Kier molecular flexibility index (Phi) is 3.66. The molecule has 1 aromatic heterocycles. The van der Waals surface area contributed by atoms with Crippen molar-refractivity contribution in [1.29, 1.82) is 0 Å². The maximum atomic E-state index is 5.37. The number of hydrogen-bond acceptors (Lipinski definition) is 3. The Morgan fingerprint density at radius 1 is 1.36 bits per heavy atom. The van der Waals surface area contributed by atoms with Crippen LogP contribution in [-0.2, 0) is 0 Å². The molecule has 0 unspecified atom stereocenters. The van der Waals surface area contributed by atoms with E-state index in [1.807, 2.05) is 12.1 Å². The predicted molar refractivity (Wildman–Crippen MR) is 91.4 cm³/mol. The van der Waals surface area contributed by atoms with Gasteiger partial charge in [-0.05, 0) is 61.2 Å². The monoisotopic (exact) mass is 312 g/mol. The largest absolute Gasteiger partial charge is 0.358 e. The van der Waals surface area contributed by atoms with Crippen LogP contribution in [0.2, 0.25) is 0 Å². The molecule has 0 saturated heterocycles. The summed E-state index contributed by atoms with van der Waals surface area (Å²) in [6.07, 6.45) is 13.9. The molecule has 0 spiro atoms. The van der Waals surface area contributed by atoms with Gasteiger partial charge in [0, 0.05) is 24.0 Å². The van der Waals surface area contributed by atoms with Crippen LogP contribution in [0.15, 0.2) is 41.8 Å². The smallest absolute Gasteiger partial charge is 0.187 e. The van der Waals surface area contributed by atoms with Crippen LogP contribution >= 0.6 is 12.2 Å². The number of pyridine rings is 1. The SMILES string of the molecule is S=C(N/N=C\c1cccnc1)N[C@H]1C[C@H]2C[C@@H]1[C@H]1C=CC[C@@H]21. The summed E-state index contributed by atoms with van der Waals surface area (Å²) >= 11 is 5.37. The summed E-state index contributed by atoms with van der Waals surface area (Å²) in [6.45, 7) is 0. The van der Waals surface area contributed by atoms with E-state index in [1.54, 1.807) is 18.6 Å². The zero-order valence-corrected chi connectivity index (χ0v) is 13.2. The minimum atomic E-state index is 0.502. The maximum absolute atomic E-state index is 5.37. The summed E-state index contributed by atoms with van der Waals surface area (Å²) in [4.78, 5) is 4.05. The van der Waals surface area contributed by atoms with Crippen LogP contribution in [0.5, 0.6) is 0 Å². The lowest BCUT2D eigenvalue weighted by atomic mass is 9.79. The van der Waals surface area contributed by atoms with Gasteiger partial charge in [0.15, 0.2) is 5.11 Å². The third kappa shape index (κ3) is 2.54. The highest BCUT2D eigenvalue weighted by molar-refractivity contribution is 7.80. The number of fused-ring (bicyclic) bond motifs is 5. The minimum Gasteiger partial charge on any atom is -0.358 e. The summed E-state index contributed by atoms with van der Waals surface area (Å²) in [5.41, 5.74) is 3.88. The van der Waals surface area contributed by atoms with Gasteiger partial charge in [0.2, 0.25) is 0 Å². The van der Waals surface area contributed by atoms with Crippen LogP contribution in [0.4, 0.5) is 0 Å². The summed E-state index contributed by atoms with van der Waals surface area (Å²) in [7, 11) is 0. The number of hydrazone groups is 1. The van der Waals surface area contributed by atoms with Crippen LogP contribution in [0.1, 0.15) is 24.8 Å². The van der Waals surface area contributed by atoms with E-state index in [0.29, 0.717) is 11.2 Å². The van der Waals surface area contributed by atoms with Gasteiger partial charge in [-0.15, -0.1) is 0 Å². The van der Waals surface area contributed by atoms with Gasteiger partial charge in [-0.2, -0.15) is 5.10 Å². The average Bonchev–Trinajstić information content (AvgIpc) is 3.20. The topological polar surface area (TPSA) is 49.3 Å². The Morgan fingerprint density at radius 2 is 2.32 bits per heavy atom. The zero-order chi connectivity index (χ0) is 14.9. The molecule has 0 amide bonds. The second-order valence-electron chi connectivity index (χ2n) is 6.54. The lowest BCUT2D eigenvalue weighted by molar-refractivity contribution is 0.246. The van der Waals surface area contributed by atoms with Gasteiger partial charge >= 0.3 is 0 Å². The van der Waals surface area contributed by atoms with Crippen LogP contribution in [0.3, 0.4) is 0 Å². The highest BCUT2D eigenvalue weighted by Gasteiger charge is 2.52. The molecule has 2 bridgehead atoms. The molecule has 2 saturated carbocycles. The molecule has 1 aromatic rings. The molecule has 3 aliphatic rings. The Balaban J connectivity index is 1.30. The predicted octanol–water partition coefficient (Wildman–Crippen LogP) is 2.48. The Morgan fingerprint density at radius 3 is 3.18 bits per heavy atom. The van der Waals surface area contributed by atoms with Crippen molar-refractivity contribution in [3.05, 3.63) is 42.2 Å². The van der Waals surface area contributed by atoms with Gasteiger partial charge in [-0.1, -0.05) is 18.2 Å². The molecular weight excluding hydrogens is 292 g/mol. The van der Waals surface area contributed by atoms with Crippen molar-refractivity contribution >= 4 is 23.5 Å². The fourth-order valence-corrected chi connectivity index (χ4v) is 4.73. The van der Waals surface area contributed by atoms with Crippen LogP contribution in [0, 0.1) is 23.7 Å². The van der Waals surface area contributed by atoms with Crippen molar-refractivity contribution in [2.45, 2.75) is 25.3 Å². The molecule has 0 aromatic carbocycles. The van der Waals surface area contributed by atoms with Gasteiger partial charge in [-0.3, -0.25) is 10.4 Å². The first-order valence-electron chi connectivity index (χ1n) is 7.97. The minimum absolute atomic E-state index is 0.502. The second-order valence-corrected chi connectivity index (χ2v) is 6.94. The van der Waals surface area contributed by atoms with Gasteiger partial charge in [0.1, 0.15) is 0 Å². The summed E-state index contributed by atoms with van der Waals surface area (Å²) < 4.78 is 0. The Bertz CT molecular complexity index is 612. The van der Waals surface area contributed by atoms with E-state index in [1.165, 1.54) is 19.3 Å². The first-order valence-corrected chi connectivity index (χ1v) is 8.38. The number of rotatable bonds is 3. The molecular formula is C17H20N4S. The molecule has 0 radical (unpaired) electrons. The van der Waals surface area contributed by atoms with Crippen LogP contribution < -0.4 is 10.7 Å². The first kappa shape index (κ1) is 13.9. The molecule has 114 valence electrons. The quantitative estimate of drug-likeness (QED) is 0.390. The van der Waals surface area contributed by atoms with E-state index in [0.717, 1.165) is 29.2 Å². The molecule has 1 heterocycles. The van der Waals surface area contributed by atoms with Gasteiger partial charge in [0.25, 0.3) is 0 Å². The van der Waals surface area contributed by atoms with E-state index in [9.17, 15) is 0 Å². The molecule has 0 aliphatic heterocycles. The molecule has 22 heavy (non-hydrogen) atoms. The average molecular weight is 312 g/mol. The lowest BCUT2D eigenvalue weighted by Gasteiger charge is -2.32. The van der Waals surface area contributed by atoms with Crippen LogP contribution in [0.25, 0.3) is 0 Å². The van der Waals surface area contributed by atoms with Gasteiger partial charge in [-0.25, -0.2) is 0 Å². The van der Waals surface area contributed by atoms with Crippen LogP contribution in [-0.4, -0.2) is 22.4 Å². The van der Waals surface area contributed by atoms with Crippen molar-refractivity contribution < 1.29 is 0 Å². The number of hydrogen-bond donors (Lipinski definition) is 2. The molecule has 5 atom stereocenters. The maximum Gasteiger partial charge on any atom is 0.187 e. The summed E-state index contributed by atoms with van der Waals surface area (Å²) in [5.74, 6) is 3.31. The van der Waals surface area contributed by atoms with E-state index in [4.69, 9.17) is 12.2 Å². The molecule has 5 heteroatoms. The van der Waals surface area contributed by atoms with E-state index in [2.05, 4.69) is 33.0 Å². The normalized spacial score (nSPS) is 35.0. The van der Waals surface area contributed by atoms with Crippen molar-refractivity contribution in [1.82, 2.24) is 15.7 Å². The summed E-state index contributed by atoms with van der Waals surface area (Å²) in [5, 5.41) is 8.27. The van der Waals surface area contributed by atoms with Crippen molar-refractivity contribution in [2.24, 2.45) is 28.8 Å². The fraction of sp³-hybridized carbons (Fsp3) is 0.471. The molecule has 4 rings (SSSR count). The highest BCUT2D eigenvalue weighted by atomic mass is 32.1. The number of allylic oxidation sites excluding steroid dienone is 2. The Hall–Kier alpha value is -1.75. The highest BCUT2D eigenvalue weighted by Crippen LogP contribution is 2.56. The lowest BCUT2D eigenvalue weighted by Crippen LogP contribution is -2.45. The van der Waals surface area contributed by atoms with E-state index >= 15 is 0 Å². The van der Waals surface area contributed by atoms with Crippen molar-refractivity contribution in [2.75, 3.05) is 0 Å². The third-order valence-electron chi connectivity index (χ3n) is 5.39. The van der Waals surface area contributed by atoms with E-state index < -0.39 is 0 Å². The Labute approximate surface area is 136 Å². The molecule has 2 N–H and O–H groups in total. The molecule has 4 nitrogen and oxygen atoms in total. The van der Waals surface area contributed by atoms with E-state index in [-0.39, 0.29) is 0 Å². The summed E-state index contributed by atoms with van der Waals surface area (Å²) in [6, 6.07) is 4.35. The molecule has 3 aliphatic carbocycles. The van der Waals surface area contributed by atoms with Crippen molar-refractivity contribution in [3.63, 3.8) is 0 Å². The molecule has 2 fully saturated rings. The van der Waals surface area contributed by atoms with Crippen molar-refractivity contribution in [3.8, 4) is 0 Å².